The van der Waals surface area contributed by atoms with Gasteiger partial charge < -0.3 is 25.8 Å². The molecule has 1 atom stereocenters. The second-order valence-corrected chi connectivity index (χ2v) is 9.46. The van der Waals surface area contributed by atoms with E-state index in [1.165, 1.54) is 23.1 Å². The van der Waals surface area contributed by atoms with Gasteiger partial charge in [0.1, 0.15) is 29.2 Å². The van der Waals surface area contributed by atoms with Gasteiger partial charge in [0.05, 0.1) is 11.8 Å². The fourth-order valence-electron chi connectivity index (χ4n) is 3.39. The second-order valence-electron chi connectivity index (χ2n) is 9.46. The van der Waals surface area contributed by atoms with Crippen LogP contribution in [0.1, 0.15) is 31.5 Å². The molecule has 1 aromatic carbocycles. The molecule has 0 unspecified atom stereocenters. The normalized spacial score (nSPS) is 11.5. The van der Waals surface area contributed by atoms with Gasteiger partial charge in [-0.3, -0.25) is 9.59 Å². The summed E-state index contributed by atoms with van der Waals surface area (Å²) in [6.45, 7) is 4.97. The molecule has 0 aliphatic rings. The summed E-state index contributed by atoms with van der Waals surface area (Å²) in [7, 11) is 5.38. The number of amides is 2. The number of likely N-dealkylation sites (N-methyl/N-ethyl adjacent to an activating group) is 2. The van der Waals surface area contributed by atoms with Gasteiger partial charge in [-0.2, -0.15) is 4.98 Å². The topological polar surface area (TPSA) is 115 Å². The fraction of sp³-hybridized carbons (Fsp3) is 0.300. The lowest BCUT2D eigenvalue weighted by molar-refractivity contribution is -0.132. The van der Waals surface area contributed by atoms with Gasteiger partial charge in [-0.1, -0.05) is 31.1 Å². The Morgan fingerprint density at radius 3 is 2.61 bits per heavy atom. The number of carbonyl (C=O) groups is 2. The van der Waals surface area contributed by atoms with Gasteiger partial charge in [-0.15, -0.1) is 0 Å². The Hall–Kier alpha value is -4.82. The Morgan fingerprint density at radius 2 is 1.88 bits per heavy atom. The van der Waals surface area contributed by atoms with E-state index in [1.54, 1.807) is 56.6 Å². The smallest absolute Gasteiger partial charge is 0.248 e. The highest BCUT2D eigenvalue weighted by Gasteiger charge is 2.21. The van der Waals surface area contributed by atoms with Gasteiger partial charge in [0.2, 0.25) is 17.8 Å². The Labute approximate surface area is 240 Å². The van der Waals surface area contributed by atoms with Crippen LogP contribution in [-0.2, 0) is 9.59 Å². The van der Waals surface area contributed by atoms with E-state index in [0.29, 0.717) is 47.6 Å². The number of rotatable bonds is 11. The number of hydrogen-bond acceptors (Lipinski definition) is 8. The fourth-order valence-corrected chi connectivity index (χ4v) is 3.39. The van der Waals surface area contributed by atoms with Crippen molar-refractivity contribution in [2.45, 2.75) is 26.3 Å². The van der Waals surface area contributed by atoms with Crippen LogP contribution in [0.3, 0.4) is 0 Å². The molecule has 0 saturated heterocycles. The molecule has 0 fully saturated rings. The Balaban J connectivity index is 1.72. The summed E-state index contributed by atoms with van der Waals surface area (Å²) in [5, 5.41) is 8.98. The molecule has 2 amide bonds. The Bertz CT molecular complexity index is 1450. The van der Waals surface area contributed by atoms with Crippen molar-refractivity contribution in [1.82, 2.24) is 24.8 Å². The summed E-state index contributed by atoms with van der Waals surface area (Å²) in [5.74, 6) is 6.16. The summed E-state index contributed by atoms with van der Waals surface area (Å²) >= 11 is 0. The van der Waals surface area contributed by atoms with Crippen LogP contribution >= 0.6 is 0 Å². The number of carbonyl (C=O) groups excluding carboxylic acids is 2. The van der Waals surface area contributed by atoms with Gasteiger partial charge in [0.15, 0.2) is 0 Å². The zero-order valence-corrected chi connectivity index (χ0v) is 23.9. The van der Waals surface area contributed by atoms with Crippen LogP contribution in [-0.4, -0.2) is 76.8 Å². The predicted molar refractivity (Wildman–Crippen MR) is 159 cm³/mol. The Kier molecular flexibility index (Phi) is 11.3. The molecule has 0 saturated carbocycles. The number of anilines is 4. The average Bonchev–Trinajstić information content (AvgIpc) is 2.94. The number of nitrogens with one attached hydrogen (secondary N) is 3. The van der Waals surface area contributed by atoms with Crippen molar-refractivity contribution in [3.63, 3.8) is 0 Å². The minimum absolute atomic E-state index is 0.270. The highest BCUT2D eigenvalue weighted by atomic mass is 19.1. The lowest BCUT2D eigenvalue weighted by Gasteiger charge is -2.22. The van der Waals surface area contributed by atoms with Gasteiger partial charge in [-0.25, -0.2) is 14.4 Å². The summed E-state index contributed by atoms with van der Waals surface area (Å²) in [4.78, 5) is 41.7. The SMILES string of the molecule is CCCNc1nc(Nc2cccc(F)c2)ncc1C#Cc1cccc(NC(=O)[C@H](C)N(C)C(=O)/C=C/CN(C)C)n1. The maximum atomic E-state index is 13.5. The molecule has 0 radical (unpaired) electrons. The monoisotopic (exact) mass is 558 g/mol. The molecule has 0 bridgehead atoms. The van der Waals surface area contributed by atoms with Crippen LogP contribution in [0, 0.1) is 17.7 Å². The highest BCUT2D eigenvalue weighted by molar-refractivity contribution is 5.98. The van der Waals surface area contributed by atoms with Crippen molar-refractivity contribution in [3.05, 3.63) is 77.9 Å². The molecule has 3 N–H and O–H groups in total. The van der Waals surface area contributed by atoms with Gasteiger partial charge in [0.25, 0.3) is 0 Å². The molecule has 10 nitrogen and oxygen atoms in total. The summed E-state index contributed by atoms with van der Waals surface area (Å²) < 4.78 is 13.5. The predicted octanol–water partition coefficient (Wildman–Crippen LogP) is 3.88. The van der Waals surface area contributed by atoms with Gasteiger partial charge in [0, 0.05) is 31.9 Å². The van der Waals surface area contributed by atoms with Crippen molar-refractivity contribution in [3.8, 4) is 11.8 Å². The van der Waals surface area contributed by atoms with Crippen LogP contribution in [0.4, 0.5) is 27.7 Å². The van der Waals surface area contributed by atoms with E-state index in [9.17, 15) is 14.0 Å². The summed E-state index contributed by atoms with van der Waals surface area (Å²) in [6.07, 6.45) is 5.65. The van der Waals surface area contributed by atoms with Crippen molar-refractivity contribution in [2.75, 3.05) is 50.2 Å². The van der Waals surface area contributed by atoms with E-state index in [4.69, 9.17) is 0 Å². The van der Waals surface area contributed by atoms with E-state index in [2.05, 4.69) is 42.7 Å². The largest absolute Gasteiger partial charge is 0.369 e. The number of pyridine rings is 1. The van der Waals surface area contributed by atoms with Crippen LogP contribution in [0.25, 0.3) is 0 Å². The first-order chi connectivity index (χ1) is 19.7. The van der Waals surface area contributed by atoms with Crippen molar-refractivity contribution in [1.29, 1.82) is 0 Å². The third-order valence-electron chi connectivity index (χ3n) is 5.78. The highest BCUT2D eigenvalue weighted by Crippen LogP contribution is 2.18. The lowest BCUT2D eigenvalue weighted by atomic mass is 10.2. The number of hydrogen-bond donors (Lipinski definition) is 3. The zero-order chi connectivity index (χ0) is 29.8. The summed E-state index contributed by atoms with van der Waals surface area (Å²) in [5.41, 5.74) is 1.50. The van der Waals surface area contributed by atoms with E-state index in [-0.39, 0.29) is 17.6 Å². The van der Waals surface area contributed by atoms with Crippen molar-refractivity contribution in [2.24, 2.45) is 0 Å². The molecule has 0 spiro atoms. The number of nitrogens with zero attached hydrogens (tertiary/aromatic N) is 5. The molecule has 0 aliphatic carbocycles. The van der Waals surface area contributed by atoms with Gasteiger partial charge >= 0.3 is 0 Å². The maximum Gasteiger partial charge on any atom is 0.248 e. The molecule has 41 heavy (non-hydrogen) atoms. The van der Waals surface area contributed by atoms with Crippen LogP contribution in [0.5, 0.6) is 0 Å². The second kappa shape index (κ2) is 15.1. The summed E-state index contributed by atoms with van der Waals surface area (Å²) in [6, 6.07) is 10.4. The van der Waals surface area contributed by atoms with E-state index in [0.717, 1.165) is 6.42 Å². The third-order valence-corrected chi connectivity index (χ3v) is 5.78. The average molecular weight is 559 g/mol. The molecule has 3 aromatic rings. The minimum atomic E-state index is -0.716. The molecule has 0 aliphatic heterocycles. The maximum absolute atomic E-state index is 13.5. The zero-order valence-electron chi connectivity index (χ0n) is 23.9. The molecule has 11 heteroatoms. The van der Waals surface area contributed by atoms with Crippen LogP contribution < -0.4 is 16.0 Å². The molecule has 3 rings (SSSR count). The van der Waals surface area contributed by atoms with Gasteiger partial charge in [-0.05, 0) is 63.7 Å². The first-order valence-corrected chi connectivity index (χ1v) is 13.2. The molecule has 2 heterocycles. The van der Waals surface area contributed by atoms with Crippen LogP contribution in [0.2, 0.25) is 0 Å². The standard InChI is InChI=1S/C30H35FN8O2/c1-6-17-32-28-22(20-33-30(37-28)35-25-12-7-10-23(31)19-25)15-16-24-11-8-13-26(34-24)36-29(41)21(2)39(5)27(40)14-9-18-38(3)4/h7-14,19-21H,6,17-18H2,1-5H3,(H,34,36,41)(H2,32,33,35,37)/b14-9+/t21-/m0/s1. The lowest BCUT2D eigenvalue weighted by Crippen LogP contribution is -2.42. The van der Waals surface area contributed by atoms with E-state index >= 15 is 0 Å². The van der Waals surface area contributed by atoms with Crippen LogP contribution in [0.15, 0.2) is 60.8 Å². The van der Waals surface area contributed by atoms with E-state index in [1.807, 2.05) is 25.9 Å². The number of benzene rings is 1. The van der Waals surface area contributed by atoms with E-state index < -0.39 is 6.04 Å². The molecule has 2 aromatic heterocycles. The number of halogens is 1. The van der Waals surface area contributed by atoms with Crippen molar-refractivity contribution >= 4 is 35.1 Å². The number of aromatic nitrogens is 3. The molecular weight excluding hydrogens is 523 g/mol. The quantitative estimate of drug-likeness (QED) is 0.240. The molecule has 214 valence electrons. The van der Waals surface area contributed by atoms with Crippen molar-refractivity contribution < 1.29 is 14.0 Å². The third kappa shape index (κ3) is 9.70. The first kappa shape index (κ1) is 30.7. The first-order valence-electron chi connectivity index (χ1n) is 13.2. The minimum Gasteiger partial charge on any atom is -0.369 e. The Morgan fingerprint density at radius 1 is 1.10 bits per heavy atom. The molecular formula is C30H35FN8O2.